The Morgan fingerprint density at radius 1 is 1.62 bits per heavy atom. The lowest BCUT2D eigenvalue weighted by molar-refractivity contribution is 0.171. The second-order valence-corrected chi connectivity index (χ2v) is 4.94. The normalized spacial score (nSPS) is 20.1. The van der Waals surface area contributed by atoms with Crippen molar-refractivity contribution < 1.29 is 0 Å². The fourth-order valence-corrected chi connectivity index (χ4v) is 2.34. The SMILES string of the molecule is CC(C1CC1)N(C)C(CN)c1cnn(C)c1. The molecule has 1 heterocycles. The van der Waals surface area contributed by atoms with Gasteiger partial charge in [-0.1, -0.05) is 0 Å². The predicted octanol–water partition coefficient (Wildman–Crippen LogP) is 1.15. The van der Waals surface area contributed by atoms with Crippen molar-refractivity contribution in [1.29, 1.82) is 0 Å². The van der Waals surface area contributed by atoms with Gasteiger partial charge >= 0.3 is 0 Å². The minimum Gasteiger partial charge on any atom is -0.329 e. The van der Waals surface area contributed by atoms with Crippen LogP contribution in [0, 0.1) is 5.92 Å². The number of aryl methyl sites for hydroxylation is 1. The molecule has 4 nitrogen and oxygen atoms in total. The molecule has 1 fully saturated rings. The van der Waals surface area contributed by atoms with Gasteiger partial charge in [-0.25, -0.2) is 0 Å². The molecule has 0 aliphatic heterocycles. The van der Waals surface area contributed by atoms with E-state index in [-0.39, 0.29) is 0 Å². The van der Waals surface area contributed by atoms with Crippen LogP contribution in [-0.2, 0) is 7.05 Å². The summed E-state index contributed by atoms with van der Waals surface area (Å²) in [5.74, 6) is 0.871. The molecule has 0 radical (unpaired) electrons. The molecular formula is C12H22N4. The van der Waals surface area contributed by atoms with E-state index >= 15 is 0 Å². The lowest BCUT2D eigenvalue weighted by atomic mass is 10.1. The van der Waals surface area contributed by atoms with E-state index in [0.29, 0.717) is 18.6 Å². The number of likely N-dealkylation sites (N-methyl/N-ethyl adjacent to an activating group) is 1. The minimum atomic E-state index is 0.296. The first-order valence-corrected chi connectivity index (χ1v) is 6.04. The standard InChI is InChI=1S/C12H22N4/c1-9(10-4-5-10)16(3)12(6-13)11-7-14-15(2)8-11/h7-10,12H,4-6,13H2,1-3H3. The zero-order valence-corrected chi connectivity index (χ0v) is 10.4. The van der Waals surface area contributed by atoms with E-state index in [1.165, 1.54) is 18.4 Å². The number of nitrogens with zero attached hydrogens (tertiary/aromatic N) is 3. The van der Waals surface area contributed by atoms with Crippen LogP contribution in [0.4, 0.5) is 0 Å². The summed E-state index contributed by atoms with van der Waals surface area (Å²) < 4.78 is 1.84. The first-order chi connectivity index (χ1) is 7.63. The van der Waals surface area contributed by atoms with E-state index in [1.54, 1.807) is 0 Å². The monoisotopic (exact) mass is 222 g/mol. The lowest BCUT2D eigenvalue weighted by Gasteiger charge is -2.32. The molecule has 0 saturated heterocycles. The molecule has 4 heteroatoms. The maximum absolute atomic E-state index is 5.89. The first-order valence-electron chi connectivity index (χ1n) is 6.04. The van der Waals surface area contributed by atoms with Gasteiger partial charge in [0.2, 0.25) is 0 Å². The molecule has 16 heavy (non-hydrogen) atoms. The van der Waals surface area contributed by atoms with Crippen LogP contribution in [0.25, 0.3) is 0 Å². The average molecular weight is 222 g/mol. The highest BCUT2D eigenvalue weighted by Gasteiger charge is 2.33. The molecule has 2 atom stereocenters. The molecule has 90 valence electrons. The third-order valence-electron chi connectivity index (χ3n) is 3.77. The smallest absolute Gasteiger partial charge is 0.0538 e. The third kappa shape index (κ3) is 2.28. The Kier molecular flexibility index (Phi) is 3.30. The fraction of sp³-hybridized carbons (Fsp3) is 0.750. The molecule has 1 saturated carbocycles. The van der Waals surface area contributed by atoms with Crippen molar-refractivity contribution in [3.05, 3.63) is 18.0 Å². The first kappa shape index (κ1) is 11.6. The third-order valence-corrected chi connectivity index (χ3v) is 3.77. The topological polar surface area (TPSA) is 47.1 Å². The molecule has 1 aliphatic carbocycles. The molecule has 1 aliphatic rings. The molecular weight excluding hydrogens is 200 g/mol. The van der Waals surface area contributed by atoms with Crippen LogP contribution in [0.15, 0.2) is 12.4 Å². The van der Waals surface area contributed by atoms with Crippen molar-refractivity contribution in [3.8, 4) is 0 Å². The summed E-state index contributed by atoms with van der Waals surface area (Å²) in [7, 11) is 4.12. The molecule has 2 N–H and O–H groups in total. The van der Waals surface area contributed by atoms with Crippen LogP contribution >= 0.6 is 0 Å². The fourth-order valence-electron chi connectivity index (χ4n) is 2.34. The Bertz CT molecular complexity index is 343. The summed E-state index contributed by atoms with van der Waals surface area (Å²) in [6.45, 7) is 2.95. The van der Waals surface area contributed by atoms with E-state index in [2.05, 4.69) is 30.2 Å². The molecule has 0 spiro atoms. The maximum Gasteiger partial charge on any atom is 0.0538 e. The molecule has 2 unspecified atom stereocenters. The van der Waals surface area contributed by atoms with Crippen LogP contribution in [0.1, 0.15) is 31.4 Å². The molecule has 1 aromatic rings. The Balaban J connectivity index is 2.08. The zero-order valence-electron chi connectivity index (χ0n) is 10.4. The van der Waals surface area contributed by atoms with Crippen LogP contribution in [-0.4, -0.2) is 34.3 Å². The highest BCUT2D eigenvalue weighted by Crippen LogP contribution is 2.37. The van der Waals surface area contributed by atoms with Crippen molar-refractivity contribution in [2.24, 2.45) is 18.7 Å². The molecule has 0 bridgehead atoms. The predicted molar refractivity (Wildman–Crippen MR) is 65.0 cm³/mol. The van der Waals surface area contributed by atoms with Gasteiger partial charge in [0.15, 0.2) is 0 Å². The van der Waals surface area contributed by atoms with Gasteiger partial charge in [-0.2, -0.15) is 5.10 Å². The second kappa shape index (κ2) is 4.55. The van der Waals surface area contributed by atoms with Gasteiger partial charge in [-0.3, -0.25) is 9.58 Å². The molecule has 0 amide bonds. The number of aromatic nitrogens is 2. The van der Waals surface area contributed by atoms with Crippen LogP contribution in [0.3, 0.4) is 0 Å². The summed E-state index contributed by atoms with van der Waals surface area (Å²) in [6, 6.07) is 0.915. The summed E-state index contributed by atoms with van der Waals surface area (Å²) in [4.78, 5) is 2.40. The van der Waals surface area contributed by atoms with Gasteiger partial charge in [0, 0.05) is 31.4 Å². The van der Waals surface area contributed by atoms with Crippen molar-refractivity contribution >= 4 is 0 Å². The van der Waals surface area contributed by atoms with Crippen molar-refractivity contribution in [2.45, 2.75) is 31.8 Å². The second-order valence-electron chi connectivity index (χ2n) is 4.94. The van der Waals surface area contributed by atoms with E-state index in [4.69, 9.17) is 5.73 Å². The van der Waals surface area contributed by atoms with Crippen LogP contribution < -0.4 is 5.73 Å². The largest absolute Gasteiger partial charge is 0.329 e. The Morgan fingerprint density at radius 3 is 2.75 bits per heavy atom. The lowest BCUT2D eigenvalue weighted by Crippen LogP contribution is -2.38. The molecule has 2 rings (SSSR count). The Morgan fingerprint density at radius 2 is 2.31 bits per heavy atom. The van der Waals surface area contributed by atoms with E-state index in [0.717, 1.165) is 5.92 Å². The minimum absolute atomic E-state index is 0.296. The van der Waals surface area contributed by atoms with Gasteiger partial charge in [-0.15, -0.1) is 0 Å². The Hall–Kier alpha value is -0.870. The van der Waals surface area contributed by atoms with E-state index in [1.807, 2.05) is 17.9 Å². The number of hydrogen-bond donors (Lipinski definition) is 1. The quantitative estimate of drug-likeness (QED) is 0.813. The highest BCUT2D eigenvalue weighted by atomic mass is 15.3. The van der Waals surface area contributed by atoms with Gasteiger partial charge in [0.1, 0.15) is 0 Å². The maximum atomic E-state index is 5.89. The number of nitrogens with two attached hydrogens (primary N) is 1. The zero-order chi connectivity index (χ0) is 11.7. The average Bonchev–Trinajstić information content (AvgIpc) is 3.03. The summed E-state index contributed by atoms with van der Waals surface area (Å²) in [5, 5.41) is 4.22. The van der Waals surface area contributed by atoms with E-state index < -0.39 is 0 Å². The van der Waals surface area contributed by atoms with Crippen LogP contribution in [0.2, 0.25) is 0 Å². The summed E-state index contributed by atoms with van der Waals surface area (Å²) in [5.41, 5.74) is 7.12. The van der Waals surface area contributed by atoms with Gasteiger partial charge < -0.3 is 5.73 Å². The van der Waals surface area contributed by atoms with Gasteiger partial charge in [0.05, 0.1) is 12.2 Å². The van der Waals surface area contributed by atoms with Gasteiger partial charge in [-0.05, 0) is 32.7 Å². The van der Waals surface area contributed by atoms with Crippen molar-refractivity contribution in [3.63, 3.8) is 0 Å². The molecule has 0 aromatic carbocycles. The number of hydrogen-bond acceptors (Lipinski definition) is 3. The van der Waals surface area contributed by atoms with Crippen LogP contribution in [0.5, 0.6) is 0 Å². The van der Waals surface area contributed by atoms with E-state index in [9.17, 15) is 0 Å². The summed E-state index contributed by atoms with van der Waals surface area (Å²) in [6.07, 6.45) is 6.73. The van der Waals surface area contributed by atoms with Crippen molar-refractivity contribution in [1.82, 2.24) is 14.7 Å². The van der Waals surface area contributed by atoms with Gasteiger partial charge in [0.25, 0.3) is 0 Å². The van der Waals surface area contributed by atoms with Crippen molar-refractivity contribution in [2.75, 3.05) is 13.6 Å². The molecule has 1 aromatic heterocycles. The number of rotatable bonds is 5. The summed E-state index contributed by atoms with van der Waals surface area (Å²) >= 11 is 0. The highest BCUT2D eigenvalue weighted by molar-refractivity contribution is 5.11. The Labute approximate surface area is 97.4 Å².